The lowest BCUT2D eigenvalue weighted by Crippen LogP contribution is -2.58. The van der Waals surface area contributed by atoms with Crippen molar-refractivity contribution in [2.24, 2.45) is 5.92 Å². The van der Waals surface area contributed by atoms with E-state index in [1.165, 1.54) is 18.9 Å². The van der Waals surface area contributed by atoms with Crippen molar-refractivity contribution in [3.8, 4) is 0 Å². The Hall–Kier alpha value is -2.09. The van der Waals surface area contributed by atoms with Gasteiger partial charge in [-0.15, -0.1) is 0 Å². The van der Waals surface area contributed by atoms with E-state index < -0.39 is 11.5 Å². The SMILES string of the molecule is CCN1C(=O)CC(C(=O)OC)C12CCN(C(=O)CSc1ccccn1)CC2. The van der Waals surface area contributed by atoms with Gasteiger partial charge in [0.2, 0.25) is 11.8 Å². The van der Waals surface area contributed by atoms with Gasteiger partial charge in [-0.05, 0) is 31.9 Å². The number of pyridine rings is 1. The third-order valence-corrected chi connectivity index (χ3v) is 6.56. The summed E-state index contributed by atoms with van der Waals surface area (Å²) in [4.78, 5) is 45.1. The number of ether oxygens (including phenoxy) is 1. The molecule has 0 aliphatic carbocycles. The number of aromatic nitrogens is 1. The minimum atomic E-state index is -0.524. The molecule has 2 aliphatic heterocycles. The van der Waals surface area contributed by atoms with Gasteiger partial charge in [0.25, 0.3) is 0 Å². The molecule has 0 bridgehead atoms. The predicted octanol–water partition coefficient (Wildman–Crippen LogP) is 1.58. The summed E-state index contributed by atoms with van der Waals surface area (Å²) in [5.41, 5.74) is -0.524. The molecular weight excluding hydrogens is 366 g/mol. The quantitative estimate of drug-likeness (QED) is 0.560. The molecule has 2 fully saturated rings. The Morgan fingerprint density at radius 2 is 2.07 bits per heavy atom. The molecule has 27 heavy (non-hydrogen) atoms. The van der Waals surface area contributed by atoms with Crippen LogP contribution in [0.2, 0.25) is 0 Å². The number of rotatable bonds is 5. The number of piperidine rings is 1. The van der Waals surface area contributed by atoms with Crippen molar-refractivity contribution in [2.45, 2.75) is 36.8 Å². The number of methoxy groups -OCH3 is 1. The van der Waals surface area contributed by atoms with E-state index in [1.807, 2.05) is 34.9 Å². The van der Waals surface area contributed by atoms with Crippen LogP contribution in [0, 0.1) is 5.92 Å². The molecule has 0 aromatic carbocycles. The van der Waals surface area contributed by atoms with E-state index in [4.69, 9.17) is 4.74 Å². The van der Waals surface area contributed by atoms with Gasteiger partial charge in [0, 0.05) is 32.3 Å². The Kier molecular flexibility index (Phi) is 6.04. The molecule has 2 aliphatic rings. The lowest BCUT2D eigenvalue weighted by atomic mass is 9.76. The molecule has 3 rings (SSSR count). The molecule has 0 saturated carbocycles. The van der Waals surface area contributed by atoms with E-state index in [-0.39, 0.29) is 24.2 Å². The van der Waals surface area contributed by atoms with Crippen molar-refractivity contribution in [2.75, 3.05) is 32.5 Å². The number of nitrogens with zero attached hydrogens (tertiary/aromatic N) is 3. The van der Waals surface area contributed by atoms with Gasteiger partial charge in [0.15, 0.2) is 0 Å². The maximum absolute atomic E-state index is 12.6. The van der Waals surface area contributed by atoms with Gasteiger partial charge in [-0.3, -0.25) is 14.4 Å². The van der Waals surface area contributed by atoms with Gasteiger partial charge in [-0.25, -0.2) is 4.98 Å². The smallest absolute Gasteiger partial charge is 0.311 e. The third kappa shape index (κ3) is 3.81. The van der Waals surface area contributed by atoms with Crippen LogP contribution in [-0.4, -0.2) is 70.6 Å². The van der Waals surface area contributed by atoms with Crippen molar-refractivity contribution in [1.29, 1.82) is 0 Å². The highest BCUT2D eigenvalue weighted by Crippen LogP contribution is 2.44. The van der Waals surface area contributed by atoms with E-state index in [1.54, 1.807) is 6.20 Å². The summed E-state index contributed by atoms with van der Waals surface area (Å²) in [5.74, 6) is -0.387. The molecule has 0 N–H and O–H groups in total. The lowest BCUT2D eigenvalue weighted by molar-refractivity contribution is -0.150. The largest absolute Gasteiger partial charge is 0.469 e. The molecule has 7 nitrogen and oxygen atoms in total. The van der Waals surface area contributed by atoms with E-state index in [0.717, 1.165) is 5.03 Å². The molecule has 1 spiro atoms. The van der Waals surface area contributed by atoms with Gasteiger partial charge < -0.3 is 14.5 Å². The monoisotopic (exact) mass is 391 g/mol. The second-order valence-corrected chi connectivity index (χ2v) is 7.85. The van der Waals surface area contributed by atoms with E-state index in [9.17, 15) is 14.4 Å². The Labute approximate surface area is 163 Å². The van der Waals surface area contributed by atoms with E-state index in [2.05, 4.69) is 4.98 Å². The Balaban J connectivity index is 1.64. The summed E-state index contributed by atoms with van der Waals surface area (Å²) in [5, 5.41) is 0.823. The molecule has 3 heterocycles. The predicted molar refractivity (Wildman–Crippen MR) is 101 cm³/mol. The van der Waals surface area contributed by atoms with Crippen LogP contribution in [0.4, 0.5) is 0 Å². The maximum Gasteiger partial charge on any atom is 0.311 e. The van der Waals surface area contributed by atoms with Crippen molar-refractivity contribution < 1.29 is 19.1 Å². The van der Waals surface area contributed by atoms with Gasteiger partial charge in [0.05, 0.1) is 29.3 Å². The molecule has 1 aromatic rings. The third-order valence-electron chi connectivity index (χ3n) is 5.63. The first-order chi connectivity index (χ1) is 13.0. The van der Waals surface area contributed by atoms with Crippen molar-refractivity contribution in [1.82, 2.24) is 14.8 Å². The zero-order valence-electron chi connectivity index (χ0n) is 15.7. The van der Waals surface area contributed by atoms with Crippen LogP contribution >= 0.6 is 11.8 Å². The Morgan fingerprint density at radius 3 is 2.67 bits per heavy atom. The highest BCUT2D eigenvalue weighted by molar-refractivity contribution is 7.99. The minimum Gasteiger partial charge on any atom is -0.469 e. The molecule has 1 atom stereocenters. The summed E-state index contributed by atoms with van der Waals surface area (Å²) in [6, 6.07) is 5.62. The number of esters is 1. The number of hydrogen-bond acceptors (Lipinski definition) is 6. The molecular formula is C19H25N3O4S. The van der Waals surface area contributed by atoms with Gasteiger partial charge in [-0.1, -0.05) is 17.8 Å². The average Bonchev–Trinajstić information content (AvgIpc) is 2.97. The average molecular weight is 391 g/mol. The van der Waals surface area contributed by atoms with Gasteiger partial charge in [-0.2, -0.15) is 0 Å². The number of thioether (sulfide) groups is 1. The minimum absolute atomic E-state index is 0.00150. The van der Waals surface area contributed by atoms with Crippen LogP contribution in [0.3, 0.4) is 0 Å². The van der Waals surface area contributed by atoms with Crippen molar-refractivity contribution >= 4 is 29.5 Å². The zero-order chi connectivity index (χ0) is 19.4. The molecule has 1 unspecified atom stereocenters. The fourth-order valence-corrected chi connectivity index (χ4v) is 5.03. The van der Waals surface area contributed by atoms with Crippen LogP contribution in [0.25, 0.3) is 0 Å². The first-order valence-electron chi connectivity index (χ1n) is 9.21. The fourth-order valence-electron chi connectivity index (χ4n) is 4.27. The molecule has 2 amide bonds. The molecule has 1 aromatic heterocycles. The second kappa shape index (κ2) is 8.29. The van der Waals surface area contributed by atoms with Crippen LogP contribution in [-0.2, 0) is 19.1 Å². The number of carbonyl (C=O) groups excluding carboxylic acids is 3. The normalized spacial score (nSPS) is 21.6. The summed E-state index contributed by atoms with van der Waals surface area (Å²) < 4.78 is 4.96. The van der Waals surface area contributed by atoms with Crippen molar-refractivity contribution in [3.05, 3.63) is 24.4 Å². The highest BCUT2D eigenvalue weighted by Gasteiger charge is 2.56. The number of likely N-dealkylation sites (tertiary alicyclic amines) is 2. The first-order valence-corrected chi connectivity index (χ1v) is 10.2. The Morgan fingerprint density at radius 1 is 1.33 bits per heavy atom. The Bertz CT molecular complexity index is 702. The zero-order valence-corrected chi connectivity index (χ0v) is 16.5. The molecule has 2 saturated heterocycles. The van der Waals surface area contributed by atoms with Crippen molar-refractivity contribution in [3.63, 3.8) is 0 Å². The molecule has 8 heteroatoms. The number of carbonyl (C=O) groups is 3. The number of amides is 2. The topological polar surface area (TPSA) is 79.8 Å². The van der Waals surface area contributed by atoms with Gasteiger partial charge >= 0.3 is 5.97 Å². The van der Waals surface area contributed by atoms with Crippen LogP contribution in [0.1, 0.15) is 26.2 Å². The summed E-state index contributed by atoms with van der Waals surface area (Å²) >= 11 is 1.42. The summed E-state index contributed by atoms with van der Waals surface area (Å²) in [6.45, 7) is 3.58. The van der Waals surface area contributed by atoms with E-state index in [0.29, 0.717) is 38.2 Å². The maximum atomic E-state index is 12.6. The number of hydrogen-bond donors (Lipinski definition) is 0. The van der Waals surface area contributed by atoms with Crippen LogP contribution in [0.15, 0.2) is 29.4 Å². The van der Waals surface area contributed by atoms with Crippen LogP contribution < -0.4 is 0 Å². The fraction of sp³-hybridized carbons (Fsp3) is 0.579. The second-order valence-electron chi connectivity index (χ2n) is 6.86. The summed E-state index contributed by atoms with van der Waals surface area (Å²) in [6.07, 6.45) is 3.11. The molecule has 146 valence electrons. The van der Waals surface area contributed by atoms with Crippen LogP contribution in [0.5, 0.6) is 0 Å². The standard InChI is InChI=1S/C19H25N3O4S/c1-3-22-16(23)12-14(18(25)26-2)19(22)7-10-21(11-8-19)17(24)13-27-15-6-4-5-9-20-15/h4-6,9,14H,3,7-8,10-13H2,1-2H3. The van der Waals surface area contributed by atoms with E-state index >= 15 is 0 Å². The summed E-state index contributed by atoms with van der Waals surface area (Å²) in [7, 11) is 1.36. The van der Waals surface area contributed by atoms with Gasteiger partial charge in [0.1, 0.15) is 0 Å². The lowest BCUT2D eigenvalue weighted by Gasteiger charge is -2.46. The highest BCUT2D eigenvalue weighted by atomic mass is 32.2. The molecule has 0 radical (unpaired) electrons. The first kappa shape index (κ1) is 19.7.